The van der Waals surface area contributed by atoms with Gasteiger partial charge in [0.15, 0.2) is 0 Å². The van der Waals surface area contributed by atoms with Gasteiger partial charge in [0.25, 0.3) is 0 Å². The van der Waals surface area contributed by atoms with Crippen LogP contribution in [0.3, 0.4) is 0 Å². The molecule has 0 saturated heterocycles. The number of carbonyl (C=O) groups is 2. The van der Waals surface area contributed by atoms with Crippen molar-refractivity contribution in [1.82, 2.24) is 4.90 Å². The standard InChI is InChI=1S/C28H33FN2O6S2/c1-31(12-11-26(33)30-22-16-23(36-2)18(17-32)15-21(22)29)19-7-9-20(10-8-19)37-27(34)28(35,24-5-3-13-38-24)25-6-4-14-39-25/h3-6,13-16,19-20,32,35H,7-12,17H2,1-2H3,(H,30,33)/t19-,20-. The molecule has 1 amide bonds. The summed E-state index contributed by atoms with van der Waals surface area (Å²) in [7, 11) is 3.35. The predicted molar refractivity (Wildman–Crippen MR) is 149 cm³/mol. The molecule has 0 aliphatic heterocycles. The van der Waals surface area contributed by atoms with E-state index in [0.29, 0.717) is 40.5 Å². The third-order valence-corrected chi connectivity index (χ3v) is 9.06. The third-order valence-electron chi connectivity index (χ3n) is 7.10. The second kappa shape index (κ2) is 13.0. The average molecular weight is 577 g/mol. The Morgan fingerprint density at radius 1 is 1.13 bits per heavy atom. The lowest BCUT2D eigenvalue weighted by Crippen LogP contribution is -2.42. The Labute approximate surface area is 235 Å². The molecule has 1 fully saturated rings. The molecule has 1 saturated carbocycles. The summed E-state index contributed by atoms with van der Waals surface area (Å²) in [6.07, 6.45) is 2.74. The van der Waals surface area contributed by atoms with Crippen LogP contribution in [-0.4, -0.2) is 59.8 Å². The Morgan fingerprint density at radius 2 is 1.77 bits per heavy atom. The number of hydrogen-bond donors (Lipinski definition) is 3. The summed E-state index contributed by atoms with van der Waals surface area (Å²) < 4.78 is 25.3. The summed E-state index contributed by atoms with van der Waals surface area (Å²) in [5.41, 5.74) is -1.51. The molecule has 2 aromatic heterocycles. The van der Waals surface area contributed by atoms with E-state index in [4.69, 9.17) is 9.47 Å². The summed E-state index contributed by atoms with van der Waals surface area (Å²) in [4.78, 5) is 28.9. The minimum atomic E-state index is -1.81. The maximum Gasteiger partial charge on any atom is 0.349 e. The smallest absolute Gasteiger partial charge is 0.349 e. The van der Waals surface area contributed by atoms with Gasteiger partial charge in [0.2, 0.25) is 11.5 Å². The summed E-state index contributed by atoms with van der Waals surface area (Å²) in [6.45, 7) is 0.107. The molecule has 39 heavy (non-hydrogen) atoms. The summed E-state index contributed by atoms with van der Waals surface area (Å²) in [5.74, 6) is -1.33. The van der Waals surface area contributed by atoms with Gasteiger partial charge in [0.05, 0.1) is 29.2 Å². The topological polar surface area (TPSA) is 108 Å². The molecule has 8 nitrogen and oxygen atoms in total. The number of thiophene rings is 2. The van der Waals surface area contributed by atoms with Gasteiger partial charge in [-0.15, -0.1) is 22.7 Å². The van der Waals surface area contributed by atoms with E-state index in [1.807, 2.05) is 17.8 Å². The van der Waals surface area contributed by atoms with Crippen LogP contribution in [0.5, 0.6) is 5.75 Å². The molecule has 0 spiro atoms. The zero-order chi connectivity index (χ0) is 28.0. The van der Waals surface area contributed by atoms with Crippen molar-refractivity contribution in [3.8, 4) is 5.75 Å². The summed E-state index contributed by atoms with van der Waals surface area (Å²) in [5, 5.41) is 27.0. The van der Waals surface area contributed by atoms with Crippen LogP contribution >= 0.6 is 22.7 Å². The molecule has 0 unspecified atom stereocenters. The molecule has 1 aliphatic rings. The van der Waals surface area contributed by atoms with Crippen molar-refractivity contribution in [3.05, 3.63) is 68.3 Å². The minimum Gasteiger partial charge on any atom is -0.496 e. The number of amides is 1. The summed E-state index contributed by atoms with van der Waals surface area (Å²) in [6, 6.07) is 9.80. The first-order chi connectivity index (χ1) is 18.8. The lowest BCUT2D eigenvalue weighted by molar-refractivity contribution is -0.169. The number of rotatable bonds is 11. The SMILES string of the molecule is COc1cc(NC(=O)CCN(C)[C@H]2CC[C@H](OC(=O)C(O)(c3cccs3)c3cccs3)CC2)c(F)cc1CO. The highest BCUT2D eigenvalue weighted by Crippen LogP contribution is 2.38. The Morgan fingerprint density at radius 3 is 2.31 bits per heavy atom. The van der Waals surface area contributed by atoms with Crippen molar-refractivity contribution in [1.29, 1.82) is 0 Å². The number of hydrogen-bond acceptors (Lipinski definition) is 9. The number of ether oxygens (including phenoxy) is 2. The molecular weight excluding hydrogens is 543 g/mol. The number of benzene rings is 1. The molecular formula is C28H33FN2O6S2. The van der Waals surface area contributed by atoms with E-state index < -0.39 is 17.4 Å². The van der Waals surface area contributed by atoms with Crippen LogP contribution in [0.1, 0.15) is 47.4 Å². The van der Waals surface area contributed by atoms with Crippen molar-refractivity contribution < 1.29 is 33.7 Å². The lowest BCUT2D eigenvalue weighted by Gasteiger charge is -2.35. The van der Waals surface area contributed by atoms with Gasteiger partial charge in [-0.25, -0.2) is 9.18 Å². The monoisotopic (exact) mass is 576 g/mol. The molecule has 11 heteroatoms. The maximum atomic E-state index is 14.3. The van der Waals surface area contributed by atoms with Crippen molar-refractivity contribution in [2.24, 2.45) is 0 Å². The van der Waals surface area contributed by atoms with E-state index >= 15 is 0 Å². The van der Waals surface area contributed by atoms with Gasteiger partial charge in [-0.2, -0.15) is 0 Å². The van der Waals surface area contributed by atoms with E-state index in [-0.39, 0.29) is 36.8 Å². The number of aliphatic hydroxyl groups excluding tert-OH is 1. The molecule has 0 radical (unpaired) electrons. The summed E-state index contributed by atoms with van der Waals surface area (Å²) >= 11 is 2.63. The fourth-order valence-electron chi connectivity index (χ4n) is 4.81. The molecule has 0 bridgehead atoms. The normalized spacial score (nSPS) is 17.7. The van der Waals surface area contributed by atoms with Crippen LogP contribution in [0.2, 0.25) is 0 Å². The molecule has 3 aromatic rings. The Bertz CT molecular complexity index is 1210. The van der Waals surface area contributed by atoms with Gasteiger partial charge in [-0.3, -0.25) is 4.79 Å². The Balaban J connectivity index is 1.26. The number of nitrogens with zero attached hydrogens (tertiary/aromatic N) is 1. The molecule has 2 heterocycles. The van der Waals surface area contributed by atoms with Gasteiger partial charge in [0, 0.05) is 30.6 Å². The van der Waals surface area contributed by atoms with Crippen LogP contribution < -0.4 is 10.1 Å². The molecule has 3 N–H and O–H groups in total. The largest absolute Gasteiger partial charge is 0.496 e. The van der Waals surface area contributed by atoms with Gasteiger partial charge < -0.3 is 29.9 Å². The second-order valence-electron chi connectivity index (χ2n) is 9.58. The van der Waals surface area contributed by atoms with E-state index in [1.54, 1.807) is 24.3 Å². The third kappa shape index (κ3) is 6.67. The number of esters is 1. The molecule has 1 aromatic carbocycles. The first-order valence-electron chi connectivity index (χ1n) is 12.7. The van der Waals surface area contributed by atoms with Crippen molar-refractivity contribution >= 4 is 40.2 Å². The predicted octanol–water partition coefficient (Wildman–Crippen LogP) is 4.50. The first kappa shape index (κ1) is 29.2. The molecule has 0 atom stereocenters. The Kier molecular flexibility index (Phi) is 9.73. The number of carbonyl (C=O) groups excluding carboxylic acids is 2. The maximum absolute atomic E-state index is 14.3. The van der Waals surface area contributed by atoms with E-state index in [9.17, 15) is 24.2 Å². The number of methoxy groups -OCH3 is 1. The van der Waals surface area contributed by atoms with E-state index in [2.05, 4.69) is 10.2 Å². The number of anilines is 1. The Hall–Kier alpha value is -2.83. The van der Waals surface area contributed by atoms with Gasteiger partial charge in [-0.05, 0) is 61.7 Å². The highest BCUT2D eigenvalue weighted by Gasteiger charge is 2.45. The second-order valence-corrected chi connectivity index (χ2v) is 11.5. The van der Waals surface area contributed by atoms with E-state index in [1.165, 1.54) is 35.8 Å². The zero-order valence-corrected chi connectivity index (χ0v) is 23.5. The molecule has 210 valence electrons. The van der Waals surface area contributed by atoms with Gasteiger partial charge >= 0.3 is 5.97 Å². The van der Waals surface area contributed by atoms with E-state index in [0.717, 1.165) is 18.9 Å². The minimum absolute atomic E-state index is 0.00378. The van der Waals surface area contributed by atoms with Crippen molar-refractivity contribution in [3.63, 3.8) is 0 Å². The number of aliphatic hydroxyl groups is 2. The fourth-order valence-corrected chi connectivity index (χ4v) is 6.52. The van der Waals surface area contributed by atoms with Crippen LogP contribution in [0.25, 0.3) is 0 Å². The number of halogens is 1. The first-order valence-corrected chi connectivity index (χ1v) is 14.5. The van der Waals surface area contributed by atoms with Crippen LogP contribution in [-0.2, 0) is 26.5 Å². The molecule has 1 aliphatic carbocycles. The lowest BCUT2D eigenvalue weighted by atomic mass is 9.91. The van der Waals surface area contributed by atoms with Crippen LogP contribution in [0.15, 0.2) is 47.2 Å². The molecule has 4 rings (SSSR count). The highest BCUT2D eigenvalue weighted by atomic mass is 32.1. The number of nitrogens with one attached hydrogen (secondary N) is 1. The van der Waals surface area contributed by atoms with Crippen LogP contribution in [0.4, 0.5) is 10.1 Å². The van der Waals surface area contributed by atoms with Gasteiger partial charge in [-0.1, -0.05) is 12.1 Å². The average Bonchev–Trinajstić information content (AvgIpc) is 3.68. The highest BCUT2D eigenvalue weighted by molar-refractivity contribution is 7.12. The van der Waals surface area contributed by atoms with Crippen LogP contribution in [0, 0.1) is 5.82 Å². The van der Waals surface area contributed by atoms with Crippen molar-refractivity contribution in [2.75, 3.05) is 26.0 Å². The van der Waals surface area contributed by atoms with Gasteiger partial charge in [0.1, 0.15) is 17.7 Å². The van der Waals surface area contributed by atoms with Crippen molar-refractivity contribution in [2.45, 2.75) is 56.5 Å². The fraction of sp³-hybridized carbons (Fsp3) is 0.429. The zero-order valence-electron chi connectivity index (χ0n) is 21.9. The quantitative estimate of drug-likeness (QED) is 0.289.